The van der Waals surface area contributed by atoms with Crippen LogP contribution in [0.1, 0.15) is 25.0 Å². The van der Waals surface area contributed by atoms with Crippen LogP contribution in [0.4, 0.5) is 0 Å². The molecule has 0 N–H and O–H groups in total. The van der Waals surface area contributed by atoms with Gasteiger partial charge in [-0.2, -0.15) is 0 Å². The second-order valence-electron chi connectivity index (χ2n) is 4.54. The fraction of sp³-hybridized carbons (Fsp3) is 0.286. The minimum absolute atomic E-state index is 0.228. The van der Waals surface area contributed by atoms with E-state index in [1.54, 1.807) is 13.8 Å². The van der Waals surface area contributed by atoms with E-state index in [9.17, 15) is 9.59 Å². The van der Waals surface area contributed by atoms with Gasteiger partial charge in [0, 0.05) is 16.2 Å². The number of hydrogen-bond acceptors (Lipinski definition) is 2. The zero-order valence-electron chi connectivity index (χ0n) is 10.6. The molecule has 1 heterocycles. The monoisotopic (exact) mass is 263 g/mol. The molecule has 0 fully saturated rings. The van der Waals surface area contributed by atoms with Crippen molar-refractivity contribution in [1.82, 2.24) is 4.90 Å². The first-order valence-corrected chi connectivity index (χ1v) is 6.08. The van der Waals surface area contributed by atoms with Gasteiger partial charge in [0.2, 0.25) is 0 Å². The van der Waals surface area contributed by atoms with Crippen LogP contribution in [0.15, 0.2) is 29.3 Å². The van der Waals surface area contributed by atoms with Crippen molar-refractivity contribution in [3.63, 3.8) is 0 Å². The number of hydrogen-bond donors (Lipinski definition) is 0. The van der Waals surface area contributed by atoms with Gasteiger partial charge in [-0.05, 0) is 38.0 Å². The third-order valence-corrected chi connectivity index (χ3v) is 3.58. The first-order valence-electron chi connectivity index (χ1n) is 5.70. The molecule has 0 aliphatic carbocycles. The summed E-state index contributed by atoms with van der Waals surface area (Å²) >= 11 is 6.11. The van der Waals surface area contributed by atoms with Gasteiger partial charge >= 0.3 is 0 Å². The molecular formula is C14H14ClNO2. The lowest BCUT2D eigenvalue weighted by atomic mass is 10.1. The Kier molecular flexibility index (Phi) is 3.26. The van der Waals surface area contributed by atoms with E-state index in [2.05, 4.69) is 0 Å². The number of benzene rings is 1. The molecule has 18 heavy (non-hydrogen) atoms. The summed E-state index contributed by atoms with van der Waals surface area (Å²) in [4.78, 5) is 25.1. The highest BCUT2D eigenvalue weighted by molar-refractivity contribution is 6.31. The van der Waals surface area contributed by atoms with E-state index in [1.807, 2.05) is 25.1 Å². The number of imide groups is 1. The predicted molar refractivity (Wildman–Crippen MR) is 70.1 cm³/mol. The third kappa shape index (κ3) is 2.06. The molecule has 4 heteroatoms. The Morgan fingerprint density at radius 1 is 1.06 bits per heavy atom. The summed E-state index contributed by atoms with van der Waals surface area (Å²) in [5.41, 5.74) is 2.87. The molecule has 0 bridgehead atoms. The molecule has 1 aromatic rings. The topological polar surface area (TPSA) is 37.4 Å². The number of amides is 2. The quantitative estimate of drug-likeness (QED) is 0.770. The largest absolute Gasteiger partial charge is 0.270 e. The van der Waals surface area contributed by atoms with Crippen LogP contribution >= 0.6 is 11.6 Å². The number of aryl methyl sites for hydroxylation is 1. The maximum absolute atomic E-state index is 11.9. The first-order chi connectivity index (χ1) is 8.41. The van der Waals surface area contributed by atoms with Gasteiger partial charge in [0.15, 0.2) is 0 Å². The summed E-state index contributed by atoms with van der Waals surface area (Å²) in [6.45, 7) is 5.52. The minimum Gasteiger partial charge on any atom is -0.270 e. The molecule has 0 spiro atoms. The maximum Gasteiger partial charge on any atom is 0.257 e. The Morgan fingerprint density at radius 3 is 2.11 bits per heavy atom. The minimum atomic E-state index is -0.228. The summed E-state index contributed by atoms with van der Waals surface area (Å²) in [6, 6.07) is 5.59. The highest BCUT2D eigenvalue weighted by Gasteiger charge is 2.33. The van der Waals surface area contributed by atoms with Crippen LogP contribution in [0.25, 0.3) is 0 Å². The Bertz CT molecular complexity index is 551. The summed E-state index contributed by atoms with van der Waals surface area (Å²) in [5.74, 6) is -0.455. The van der Waals surface area contributed by atoms with Crippen molar-refractivity contribution in [2.24, 2.45) is 0 Å². The molecule has 1 aliphatic rings. The number of carbonyl (C=O) groups is 2. The highest BCUT2D eigenvalue weighted by Crippen LogP contribution is 2.25. The van der Waals surface area contributed by atoms with Crippen molar-refractivity contribution < 1.29 is 9.59 Å². The lowest BCUT2D eigenvalue weighted by molar-refractivity contribution is -0.138. The molecule has 0 unspecified atom stereocenters. The Balaban J connectivity index is 2.26. The molecule has 0 saturated carbocycles. The lowest BCUT2D eigenvalue weighted by Crippen LogP contribution is -2.31. The van der Waals surface area contributed by atoms with Gasteiger partial charge < -0.3 is 0 Å². The van der Waals surface area contributed by atoms with E-state index in [0.29, 0.717) is 16.2 Å². The number of carbonyl (C=O) groups excluding carboxylic acids is 2. The molecule has 0 aromatic heterocycles. The molecule has 1 aliphatic heterocycles. The lowest BCUT2D eigenvalue weighted by Gasteiger charge is -2.16. The summed E-state index contributed by atoms with van der Waals surface area (Å²) in [6.07, 6.45) is 0. The second-order valence-corrected chi connectivity index (χ2v) is 4.95. The Hall–Kier alpha value is -1.61. The summed E-state index contributed by atoms with van der Waals surface area (Å²) < 4.78 is 0. The zero-order valence-corrected chi connectivity index (χ0v) is 11.3. The van der Waals surface area contributed by atoms with E-state index in [0.717, 1.165) is 11.1 Å². The third-order valence-electron chi connectivity index (χ3n) is 3.23. The fourth-order valence-corrected chi connectivity index (χ4v) is 2.21. The van der Waals surface area contributed by atoms with Crippen molar-refractivity contribution in [3.8, 4) is 0 Å². The van der Waals surface area contributed by atoms with E-state index in [4.69, 9.17) is 11.6 Å². The first kappa shape index (κ1) is 12.8. The summed E-state index contributed by atoms with van der Waals surface area (Å²) in [5, 5.41) is 0.581. The molecule has 1 aromatic carbocycles. The number of rotatable bonds is 2. The van der Waals surface area contributed by atoms with Crippen molar-refractivity contribution in [2.75, 3.05) is 0 Å². The van der Waals surface area contributed by atoms with Gasteiger partial charge in [-0.1, -0.05) is 23.7 Å². The van der Waals surface area contributed by atoms with Gasteiger partial charge in [-0.25, -0.2) is 0 Å². The van der Waals surface area contributed by atoms with Crippen LogP contribution in [-0.2, 0) is 16.1 Å². The fourth-order valence-electron chi connectivity index (χ4n) is 1.91. The van der Waals surface area contributed by atoms with E-state index >= 15 is 0 Å². The van der Waals surface area contributed by atoms with Crippen LogP contribution < -0.4 is 0 Å². The average molecular weight is 264 g/mol. The van der Waals surface area contributed by atoms with E-state index in [-0.39, 0.29) is 18.4 Å². The summed E-state index contributed by atoms with van der Waals surface area (Å²) in [7, 11) is 0. The smallest absolute Gasteiger partial charge is 0.257 e. The standard InChI is InChI=1S/C14H14ClNO2/c1-8-4-5-11(12(15)6-8)7-16-13(17)9(2)10(3)14(16)18/h4-6H,7H2,1-3H3. The molecule has 94 valence electrons. The molecule has 0 radical (unpaired) electrons. The van der Waals surface area contributed by atoms with Crippen LogP contribution in [0.5, 0.6) is 0 Å². The molecule has 2 amide bonds. The van der Waals surface area contributed by atoms with Crippen molar-refractivity contribution in [1.29, 1.82) is 0 Å². The Labute approximate surface area is 111 Å². The van der Waals surface area contributed by atoms with Gasteiger partial charge in [0.05, 0.1) is 6.54 Å². The van der Waals surface area contributed by atoms with Crippen LogP contribution in [0.2, 0.25) is 5.02 Å². The normalized spacial score (nSPS) is 15.9. The molecular weight excluding hydrogens is 250 g/mol. The van der Waals surface area contributed by atoms with E-state index < -0.39 is 0 Å². The molecule has 0 saturated heterocycles. The predicted octanol–water partition coefficient (Wildman–Crippen LogP) is 2.85. The van der Waals surface area contributed by atoms with Crippen LogP contribution in [-0.4, -0.2) is 16.7 Å². The Morgan fingerprint density at radius 2 is 1.61 bits per heavy atom. The zero-order chi connectivity index (χ0) is 13.4. The molecule has 0 atom stereocenters. The van der Waals surface area contributed by atoms with Gasteiger partial charge in [-0.3, -0.25) is 14.5 Å². The van der Waals surface area contributed by atoms with Crippen molar-refractivity contribution in [2.45, 2.75) is 27.3 Å². The van der Waals surface area contributed by atoms with Gasteiger partial charge in [0.25, 0.3) is 11.8 Å². The second kappa shape index (κ2) is 4.58. The average Bonchev–Trinajstić information content (AvgIpc) is 2.50. The van der Waals surface area contributed by atoms with Gasteiger partial charge in [0.1, 0.15) is 0 Å². The number of halogens is 1. The maximum atomic E-state index is 11.9. The van der Waals surface area contributed by atoms with Crippen molar-refractivity contribution >= 4 is 23.4 Å². The highest BCUT2D eigenvalue weighted by atomic mass is 35.5. The van der Waals surface area contributed by atoms with Crippen molar-refractivity contribution in [3.05, 3.63) is 45.5 Å². The van der Waals surface area contributed by atoms with Gasteiger partial charge in [-0.15, -0.1) is 0 Å². The molecule has 2 rings (SSSR count). The van der Waals surface area contributed by atoms with Crippen LogP contribution in [0.3, 0.4) is 0 Å². The van der Waals surface area contributed by atoms with E-state index in [1.165, 1.54) is 4.90 Å². The molecule has 3 nitrogen and oxygen atoms in total. The van der Waals surface area contributed by atoms with Crippen LogP contribution in [0, 0.1) is 6.92 Å². The SMILES string of the molecule is CC1=C(C)C(=O)N(Cc2ccc(C)cc2Cl)C1=O. The number of nitrogens with zero attached hydrogens (tertiary/aromatic N) is 1.